The van der Waals surface area contributed by atoms with E-state index in [-0.39, 0.29) is 42.2 Å². The molecule has 2 atom stereocenters. The molecule has 3 amide bonds. The zero-order chi connectivity index (χ0) is 17.1. The monoisotopic (exact) mass is 334 g/mol. The molecular formula is C17H22N2O5. The smallest absolute Gasteiger partial charge is 0.326 e. The van der Waals surface area contributed by atoms with Gasteiger partial charge in [-0.25, -0.2) is 0 Å². The number of rotatable bonds is 5. The molecule has 24 heavy (non-hydrogen) atoms. The third kappa shape index (κ3) is 3.49. The van der Waals surface area contributed by atoms with Crippen LogP contribution in [0.3, 0.4) is 0 Å². The zero-order valence-electron chi connectivity index (χ0n) is 13.5. The van der Waals surface area contributed by atoms with Gasteiger partial charge in [0.2, 0.25) is 11.8 Å². The molecule has 2 fully saturated rings. The first-order valence-electron chi connectivity index (χ1n) is 8.51. The summed E-state index contributed by atoms with van der Waals surface area (Å²) in [5.41, 5.74) is 0. The van der Waals surface area contributed by atoms with Crippen LogP contribution < -0.4 is 5.32 Å². The van der Waals surface area contributed by atoms with Gasteiger partial charge in [0, 0.05) is 6.04 Å². The number of hydrogen-bond donors (Lipinski definition) is 1. The van der Waals surface area contributed by atoms with Crippen LogP contribution in [0.5, 0.6) is 0 Å². The molecule has 0 aromatic carbocycles. The highest BCUT2D eigenvalue weighted by molar-refractivity contribution is 6.07. The second-order valence-corrected chi connectivity index (χ2v) is 6.63. The number of imide groups is 1. The highest BCUT2D eigenvalue weighted by Gasteiger charge is 2.47. The summed E-state index contributed by atoms with van der Waals surface area (Å²) in [4.78, 5) is 49.1. The van der Waals surface area contributed by atoms with E-state index in [1.807, 2.05) is 12.2 Å². The van der Waals surface area contributed by atoms with Crippen molar-refractivity contribution in [2.45, 2.75) is 44.6 Å². The van der Waals surface area contributed by atoms with E-state index in [1.165, 1.54) is 0 Å². The van der Waals surface area contributed by atoms with Gasteiger partial charge in [-0.15, -0.1) is 0 Å². The van der Waals surface area contributed by atoms with Crippen molar-refractivity contribution in [1.82, 2.24) is 10.2 Å². The predicted molar refractivity (Wildman–Crippen MR) is 83.4 cm³/mol. The first-order chi connectivity index (χ1) is 11.6. The molecule has 1 N–H and O–H groups in total. The Bertz CT molecular complexity index is 554. The first-order valence-corrected chi connectivity index (χ1v) is 8.51. The van der Waals surface area contributed by atoms with Gasteiger partial charge in [-0.1, -0.05) is 25.0 Å². The van der Waals surface area contributed by atoms with Gasteiger partial charge in [-0.3, -0.25) is 24.1 Å². The molecular weight excluding hydrogens is 312 g/mol. The summed E-state index contributed by atoms with van der Waals surface area (Å²) in [5, 5.41) is 2.81. The zero-order valence-corrected chi connectivity index (χ0v) is 13.5. The lowest BCUT2D eigenvalue weighted by Gasteiger charge is -2.15. The van der Waals surface area contributed by atoms with Crippen LogP contribution in [0.4, 0.5) is 0 Å². The normalized spacial score (nSPS) is 26.6. The van der Waals surface area contributed by atoms with E-state index in [4.69, 9.17) is 4.74 Å². The van der Waals surface area contributed by atoms with E-state index in [2.05, 4.69) is 5.32 Å². The largest absolute Gasteiger partial charge is 0.454 e. The number of amides is 3. The minimum atomic E-state index is -0.732. The maximum absolute atomic E-state index is 12.2. The third-order valence-corrected chi connectivity index (χ3v) is 4.97. The Morgan fingerprint density at radius 1 is 1.08 bits per heavy atom. The molecule has 130 valence electrons. The van der Waals surface area contributed by atoms with Crippen molar-refractivity contribution < 1.29 is 23.9 Å². The molecule has 2 aliphatic carbocycles. The van der Waals surface area contributed by atoms with E-state index < -0.39 is 12.5 Å². The highest BCUT2D eigenvalue weighted by Crippen LogP contribution is 2.34. The maximum Gasteiger partial charge on any atom is 0.326 e. The second-order valence-electron chi connectivity index (χ2n) is 6.63. The molecule has 0 unspecified atom stereocenters. The topological polar surface area (TPSA) is 92.8 Å². The summed E-state index contributed by atoms with van der Waals surface area (Å²) in [6.45, 7) is -0.790. The highest BCUT2D eigenvalue weighted by atomic mass is 16.5. The number of nitrogens with zero attached hydrogens (tertiary/aromatic N) is 1. The van der Waals surface area contributed by atoms with Gasteiger partial charge < -0.3 is 10.1 Å². The Balaban J connectivity index is 1.45. The maximum atomic E-state index is 12.2. The molecule has 0 bridgehead atoms. The molecule has 1 aliphatic heterocycles. The van der Waals surface area contributed by atoms with E-state index in [0.29, 0.717) is 12.8 Å². The van der Waals surface area contributed by atoms with Crippen molar-refractivity contribution in [3.8, 4) is 0 Å². The first kappa shape index (κ1) is 16.7. The number of likely N-dealkylation sites (tertiary alicyclic amines) is 1. The fourth-order valence-electron chi connectivity index (χ4n) is 3.69. The average molecular weight is 334 g/mol. The summed E-state index contributed by atoms with van der Waals surface area (Å²) >= 11 is 0. The predicted octanol–water partition coefficient (Wildman–Crippen LogP) is 0.540. The fourth-order valence-corrected chi connectivity index (χ4v) is 3.69. The fraction of sp³-hybridized carbons (Fsp3) is 0.647. The van der Waals surface area contributed by atoms with E-state index in [1.54, 1.807) is 0 Å². The summed E-state index contributed by atoms with van der Waals surface area (Å²) in [6.07, 6.45) is 8.95. The Labute approximate surface area is 140 Å². The molecule has 1 saturated carbocycles. The Morgan fingerprint density at radius 3 is 2.25 bits per heavy atom. The second kappa shape index (κ2) is 7.15. The number of hydrogen-bond acceptors (Lipinski definition) is 5. The van der Waals surface area contributed by atoms with Gasteiger partial charge in [-0.05, 0) is 25.7 Å². The van der Waals surface area contributed by atoms with Gasteiger partial charge in [0.25, 0.3) is 5.91 Å². The lowest BCUT2D eigenvalue weighted by Crippen LogP contribution is -2.39. The Kier molecular flexibility index (Phi) is 4.97. The van der Waals surface area contributed by atoms with E-state index in [0.717, 1.165) is 30.6 Å². The number of nitrogens with one attached hydrogen (secondary N) is 1. The SMILES string of the molecule is O=C(COC(=O)CN1C(=O)[C@H]2CC=CC[C@@H]2C1=O)NC1CCCC1. The molecule has 0 radical (unpaired) electrons. The molecule has 0 aromatic heterocycles. The molecule has 3 aliphatic rings. The summed E-state index contributed by atoms with van der Waals surface area (Å²) in [6, 6.07) is 0.161. The van der Waals surface area contributed by atoms with Crippen LogP contribution in [0, 0.1) is 11.8 Å². The number of ether oxygens (including phenoxy) is 1. The molecule has 0 spiro atoms. The van der Waals surface area contributed by atoms with Gasteiger partial charge >= 0.3 is 5.97 Å². The Hall–Kier alpha value is -2.18. The quantitative estimate of drug-likeness (QED) is 0.450. The molecule has 1 saturated heterocycles. The summed E-state index contributed by atoms with van der Waals surface area (Å²) in [7, 11) is 0. The van der Waals surface area contributed by atoms with Crippen LogP contribution in [-0.4, -0.2) is 47.8 Å². The molecule has 7 nitrogen and oxygen atoms in total. The molecule has 3 rings (SSSR count). The minimum absolute atomic E-state index is 0.161. The van der Waals surface area contributed by atoms with E-state index in [9.17, 15) is 19.2 Å². The lowest BCUT2D eigenvalue weighted by atomic mass is 9.85. The van der Waals surface area contributed by atoms with Crippen LogP contribution in [-0.2, 0) is 23.9 Å². The van der Waals surface area contributed by atoms with Crippen molar-refractivity contribution in [3.63, 3.8) is 0 Å². The van der Waals surface area contributed by atoms with Gasteiger partial charge in [0.05, 0.1) is 11.8 Å². The minimum Gasteiger partial charge on any atom is -0.454 e. The average Bonchev–Trinajstić information content (AvgIpc) is 3.16. The van der Waals surface area contributed by atoms with Crippen LogP contribution >= 0.6 is 0 Å². The number of esters is 1. The molecule has 0 aromatic rings. The molecule has 1 heterocycles. The van der Waals surface area contributed by atoms with Gasteiger partial charge in [-0.2, -0.15) is 0 Å². The van der Waals surface area contributed by atoms with Crippen LogP contribution in [0.15, 0.2) is 12.2 Å². The third-order valence-electron chi connectivity index (χ3n) is 4.97. The number of fused-ring (bicyclic) bond motifs is 1. The number of carbonyl (C=O) groups excluding carboxylic acids is 4. The van der Waals surface area contributed by atoms with Crippen molar-refractivity contribution in [1.29, 1.82) is 0 Å². The number of allylic oxidation sites excluding steroid dienone is 2. The van der Waals surface area contributed by atoms with E-state index >= 15 is 0 Å². The van der Waals surface area contributed by atoms with Crippen molar-refractivity contribution in [2.24, 2.45) is 11.8 Å². The van der Waals surface area contributed by atoms with Gasteiger partial charge in [0.1, 0.15) is 6.54 Å². The van der Waals surface area contributed by atoms with Crippen molar-refractivity contribution in [3.05, 3.63) is 12.2 Å². The molecule has 7 heteroatoms. The van der Waals surface area contributed by atoms with Gasteiger partial charge in [0.15, 0.2) is 6.61 Å². The van der Waals surface area contributed by atoms with Crippen LogP contribution in [0.2, 0.25) is 0 Å². The lowest BCUT2D eigenvalue weighted by molar-refractivity contribution is -0.155. The van der Waals surface area contributed by atoms with Crippen LogP contribution in [0.1, 0.15) is 38.5 Å². The van der Waals surface area contributed by atoms with Crippen molar-refractivity contribution in [2.75, 3.05) is 13.2 Å². The van der Waals surface area contributed by atoms with Crippen LogP contribution in [0.25, 0.3) is 0 Å². The summed E-state index contributed by atoms with van der Waals surface area (Å²) in [5.74, 6) is -2.43. The van der Waals surface area contributed by atoms with Crippen molar-refractivity contribution >= 4 is 23.7 Å². The Morgan fingerprint density at radius 2 is 1.67 bits per heavy atom. The summed E-state index contributed by atoms with van der Waals surface area (Å²) < 4.78 is 4.91. The number of carbonyl (C=O) groups is 4. The standard InChI is InChI=1S/C17H22N2O5/c20-14(18-11-5-1-2-6-11)10-24-15(21)9-19-16(22)12-7-3-4-8-13(12)17(19)23/h3-4,11-13H,1-2,5-10H2,(H,18,20)/t12-,13-/m0/s1.